The first-order chi connectivity index (χ1) is 10.1. The maximum Gasteiger partial charge on any atom is 0.230 e. The van der Waals surface area contributed by atoms with Crippen molar-refractivity contribution < 1.29 is 0 Å². The van der Waals surface area contributed by atoms with Crippen molar-refractivity contribution in [3.05, 3.63) is 28.2 Å². The number of rotatable bonds is 2. The van der Waals surface area contributed by atoms with Crippen LogP contribution in [0.4, 0.5) is 11.9 Å². The smallest absolute Gasteiger partial charge is 0.230 e. The highest BCUT2D eigenvalue weighted by Crippen LogP contribution is 2.29. The first kappa shape index (κ1) is 14.3. The molecule has 1 fully saturated rings. The Labute approximate surface area is 132 Å². The second-order valence-corrected chi connectivity index (χ2v) is 5.52. The molecule has 1 aliphatic heterocycles. The molecule has 0 aliphatic carbocycles. The molecule has 0 bridgehead atoms. The molecule has 0 spiro atoms. The van der Waals surface area contributed by atoms with Crippen molar-refractivity contribution in [1.82, 2.24) is 20.3 Å². The van der Waals surface area contributed by atoms with E-state index >= 15 is 0 Å². The average molecular weight is 325 g/mol. The van der Waals surface area contributed by atoms with Gasteiger partial charge < -0.3 is 16.0 Å². The fourth-order valence-electron chi connectivity index (χ4n) is 2.18. The van der Waals surface area contributed by atoms with E-state index in [0.717, 1.165) is 26.2 Å². The molecule has 1 saturated heterocycles. The maximum absolute atomic E-state index is 6.20. The second kappa shape index (κ2) is 6.01. The van der Waals surface area contributed by atoms with Crippen LogP contribution in [0, 0.1) is 0 Å². The molecule has 21 heavy (non-hydrogen) atoms. The van der Waals surface area contributed by atoms with Gasteiger partial charge in [-0.3, -0.25) is 0 Å². The number of nitrogens with one attached hydrogen (secondary N) is 1. The summed E-state index contributed by atoms with van der Waals surface area (Å²) in [5.74, 6) is 1.17. The summed E-state index contributed by atoms with van der Waals surface area (Å²) in [5, 5.41) is 4.37. The summed E-state index contributed by atoms with van der Waals surface area (Å²) >= 11 is 12.2. The van der Waals surface area contributed by atoms with Gasteiger partial charge in [-0.25, -0.2) is 0 Å². The van der Waals surface area contributed by atoms with Crippen LogP contribution < -0.4 is 16.0 Å². The lowest BCUT2D eigenvalue weighted by Gasteiger charge is -2.27. The molecule has 1 aliphatic rings. The predicted molar refractivity (Wildman–Crippen MR) is 84.8 cm³/mol. The van der Waals surface area contributed by atoms with Crippen LogP contribution in [0.3, 0.4) is 0 Å². The van der Waals surface area contributed by atoms with Gasteiger partial charge in [0.1, 0.15) is 0 Å². The molecule has 8 heteroatoms. The Balaban J connectivity index is 2.02. The van der Waals surface area contributed by atoms with E-state index in [1.54, 1.807) is 18.2 Å². The number of nitrogens with two attached hydrogens (primary N) is 1. The van der Waals surface area contributed by atoms with E-state index in [4.69, 9.17) is 28.9 Å². The Kier molecular flexibility index (Phi) is 4.10. The van der Waals surface area contributed by atoms with Gasteiger partial charge in [-0.05, 0) is 18.2 Å². The quantitative estimate of drug-likeness (QED) is 0.877. The highest BCUT2D eigenvalue weighted by Gasteiger charge is 2.17. The third-order valence-corrected chi connectivity index (χ3v) is 3.77. The van der Waals surface area contributed by atoms with Crippen LogP contribution >= 0.6 is 23.2 Å². The van der Waals surface area contributed by atoms with E-state index in [1.807, 2.05) is 0 Å². The second-order valence-electron chi connectivity index (χ2n) is 4.68. The Morgan fingerprint density at radius 3 is 2.62 bits per heavy atom. The minimum atomic E-state index is 0.171. The van der Waals surface area contributed by atoms with E-state index in [1.165, 1.54) is 0 Å². The van der Waals surface area contributed by atoms with Gasteiger partial charge in [0.15, 0.2) is 5.82 Å². The lowest BCUT2D eigenvalue weighted by Crippen LogP contribution is -2.44. The van der Waals surface area contributed by atoms with Gasteiger partial charge in [-0.2, -0.15) is 15.0 Å². The van der Waals surface area contributed by atoms with E-state index in [-0.39, 0.29) is 5.95 Å². The van der Waals surface area contributed by atoms with Gasteiger partial charge in [0.25, 0.3) is 0 Å². The summed E-state index contributed by atoms with van der Waals surface area (Å²) in [7, 11) is 0. The summed E-state index contributed by atoms with van der Waals surface area (Å²) in [5.41, 5.74) is 6.46. The molecule has 1 aromatic heterocycles. The van der Waals surface area contributed by atoms with Crippen molar-refractivity contribution in [2.24, 2.45) is 0 Å². The van der Waals surface area contributed by atoms with Gasteiger partial charge in [0, 0.05) is 36.8 Å². The van der Waals surface area contributed by atoms with Crippen molar-refractivity contribution in [2.75, 3.05) is 36.8 Å². The molecule has 3 rings (SSSR count). The fraction of sp³-hybridized carbons (Fsp3) is 0.308. The molecular weight excluding hydrogens is 311 g/mol. The summed E-state index contributed by atoms with van der Waals surface area (Å²) in [6.07, 6.45) is 0. The molecule has 0 amide bonds. The Hall–Kier alpha value is -1.63. The van der Waals surface area contributed by atoms with Gasteiger partial charge >= 0.3 is 0 Å². The Morgan fingerprint density at radius 2 is 1.86 bits per heavy atom. The number of hydrogen-bond donors (Lipinski definition) is 2. The first-order valence-corrected chi connectivity index (χ1v) is 7.32. The molecule has 1 aromatic carbocycles. The van der Waals surface area contributed by atoms with Crippen molar-refractivity contribution in [3.8, 4) is 11.4 Å². The molecular formula is C13H14Cl2N6. The summed E-state index contributed by atoms with van der Waals surface area (Å²) in [6.45, 7) is 3.43. The number of aromatic nitrogens is 3. The summed E-state index contributed by atoms with van der Waals surface area (Å²) < 4.78 is 0. The maximum atomic E-state index is 6.20. The number of anilines is 2. The molecule has 0 unspecified atom stereocenters. The Bertz CT molecular complexity index is 657. The van der Waals surface area contributed by atoms with Crippen molar-refractivity contribution in [2.45, 2.75) is 0 Å². The number of piperazine rings is 1. The number of nitrogen functional groups attached to an aromatic ring is 1. The molecule has 0 saturated carbocycles. The lowest BCUT2D eigenvalue weighted by atomic mass is 10.2. The Morgan fingerprint density at radius 1 is 1.10 bits per heavy atom. The molecule has 2 heterocycles. The molecule has 110 valence electrons. The molecule has 2 aromatic rings. The van der Waals surface area contributed by atoms with Crippen molar-refractivity contribution in [3.63, 3.8) is 0 Å². The molecule has 6 nitrogen and oxygen atoms in total. The van der Waals surface area contributed by atoms with Crippen LogP contribution in [0.15, 0.2) is 18.2 Å². The van der Waals surface area contributed by atoms with Gasteiger partial charge in [0.05, 0.1) is 5.02 Å². The van der Waals surface area contributed by atoms with E-state index in [9.17, 15) is 0 Å². The van der Waals surface area contributed by atoms with Crippen LogP contribution in [-0.4, -0.2) is 41.1 Å². The van der Waals surface area contributed by atoms with Crippen LogP contribution in [0.1, 0.15) is 0 Å². The molecule has 3 N–H and O–H groups in total. The van der Waals surface area contributed by atoms with E-state index < -0.39 is 0 Å². The zero-order chi connectivity index (χ0) is 14.8. The molecule has 0 radical (unpaired) electrons. The SMILES string of the molecule is Nc1nc(-c2cc(Cl)ccc2Cl)nc(N2CCNCC2)n1. The minimum Gasteiger partial charge on any atom is -0.368 e. The van der Waals surface area contributed by atoms with Crippen LogP contribution in [0.5, 0.6) is 0 Å². The minimum absolute atomic E-state index is 0.171. The standard InChI is InChI=1S/C13H14Cl2N6/c14-8-1-2-10(15)9(7-8)11-18-12(16)20-13(19-11)21-5-3-17-4-6-21/h1-2,7,17H,3-6H2,(H2,16,18,19,20). The zero-order valence-electron chi connectivity index (χ0n) is 11.2. The number of hydrogen-bond acceptors (Lipinski definition) is 6. The van der Waals surface area contributed by atoms with Crippen molar-refractivity contribution in [1.29, 1.82) is 0 Å². The van der Waals surface area contributed by atoms with Gasteiger partial charge in [-0.15, -0.1) is 0 Å². The monoisotopic (exact) mass is 324 g/mol. The van der Waals surface area contributed by atoms with Crippen LogP contribution in [-0.2, 0) is 0 Å². The van der Waals surface area contributed by atoms with Crippen LogP contribution in [0.2, 0.25) is 10.0 Å². The lowest BCUT2D eigenvalue weighted by molar-refractivity contribution is 0.579. The third-order valence-electron chi connectivity index (χ3n) is 3.21. The predicted octanol–water partition coefficient (Wildman–Crippen LogP) is 1.84. The highest BCUT2D eigenvalue weighted by molar-refractivity contribution is 6.35. The normalized spacial score (nSPS) is 15.2. The molecule has 0 atom stereocenters. The number of benzene rings is 1. The fourth-order valence-corrected chi connectivity index (χ4v) is 2.55. The topological polar surface area (TPSA) is 80.0 Å². The van der Waals surface area contributed by atoms with Gasteiger partial charge in [0.2, 0.25) is 11.9 Å². The highest BCUT2D eigenvalue weighted by atomic mass is 35.5. The summed E-state index contributed by atoms with van der Waals surface area (Å²) in [4.78, 5) is 14.9. The third kappa shape index (κ3) is 3.18. The van der Waals surface area contributed by atoms with E-state index in [2.05, 4.69) is 25.2 Å². The van der Waals surface area contributed by atoms with E-state index in [0.29, 0.717) is 27.4 Å². The summed E-state index contributed by atoms with van der Waals surface area (Å²) in [6, 6.07) is 5.15. The average Bonchev–Trinajstić information content (AvgIpc) is 2.50. The van der Waals surface area contributed by atoms with Crippen LogP contribution in [0.25, 0.3) is 11.4 Å². The number of nitrogens with zero attached hydrogens (tertiary/aromatic N) is 4. The largest absolute Gasteiger partial charge is 0.368 e. The van der Waals surface area contributed by atoms with Crippen molar-refractivity contribution >= 4 is 35.1 Å². The zero-order valence-corrected chi connectivity index (χ0v) is 12.7. The number of halogens is 2. The van der Waals surface area contributed by atoms with Gasteiger partial charge in [-0.1, -0.05) is 23.2 Å². The first-order valence-electron chi connectivity index (χ1n) is 6.56.